The third kappa shape index (κ3) is 17.4. The van der Waals surface area contributed by atoms with Crippen LogP contribution in [-0.2, 0) is 28.8 Å². The maximum absolute atomic E-state index is 13.5. The van der Waals surface area contributed by atoms with Crippen LogP contribution >= 0.6 is 0 Å². The molecule has 0 spiro atoms. The van der Waals surface area contributed by atoms with Crippen molar-refractivity contribution in [3.8, 4) is 11.8 Å². The van der Waals surface area contributed by atoms with Crippen LogP contribution in [0.15, 0.2) is 67.3 Å². The third-order valence-electron chi connectivity index (χ3n) is 9.93. The van der Waals surface area contributed by atoms with Crippen molar-refractivity contribution in [3.05, 3.63) is 72.9 Å². The number of hydrogen-bond acceptors (Lipinski definition) is 9. The lowest BCUT2D eigenvalue weighted by molar-refractivity contribution is -0.141. The molecule has 314 valence electrons. The number of rotatable bonds is 14. The molecule has 4 rings (SSSR count). The second-order valence-corrected chi connectivity index (χ2v) is 14.0. The minimum absolute atomic E-state index is 0.0746. The average molecular weight is 790 g/mol. The van der Waals surface area contributed by atoms with E-state index >= 15 is 0 Å². The highest BCUT2D eigenvalue weighted by Crippen LogP contribution is 2.21. The predicted octanol–water partition coefficient (Wildman–Crippen LogP) is 3.39. The average Bonchev–Trinajstić information content (AvgIpc) is 3.91. The number of allylic oxidation sites excluding steroid dienone is 2. The Morgan fingerprint density at radius 3 is 2.00 bits per heavy atom. The molecule has 13 heteroatoms. The van der Waals surface area contributed by atoms with Crippen molar-refractivity contribution in [2.24, 2.45) is 0 Å². The number of carbonyl (C=O) groups excluding carboxylic acids is 6. The van der Waals surface area contributed by atoms with Gasteiger partial charge in [0.2, 0.25) is 23.6 Å². The lowest BCUT2D eigenvalue weighted by Gasteiger charge is -2.29. The third-order valence-corrected chi connectivity index (χ3v) is 9.93. The Bertz CT molecular complexity index is 1540. The molecular formula is C44H67N7O6. The standard InChI is InChI=1S/C26H37N5O4.C14H22N2O.C2H4O.C2H4/c1-18(20-11-6-5-7-12-20)29-25(34)23-15-10-16-31(23)26(35)22(30-24(33)19(2)27-3)14-9-8-13-21(17-32)28-4;1-11(12-7-4-3-5-8-12)15-14(17)13-9-6-10-16(13)2;1-2-3;1-2/h5-7,11-12,17-19,21-23,27-28H,10,13-16H2,1-4H3,(H,29,34)(H,30,33);4,7-8,11,13H,3,5-6,9-10H2,1-2H3,(H,15,17);2H,1H3;1-2H2. The Morgan fingerprint density at radius 2 is 1.44 bits per heavy atom. The first-order valence-electron chi connectivity index (χ1n) is 19.9. The van der Waals surface area contributed by atoms with E-state index in [1.807, 2.05) is 44.3 Å². The van der Waals surface area contributed by atoms with Crippen molar-refractivity contribution in [1.82, 2.24) is 36.4 Å². The van der Waals surface area contributed by atoms with Crippen LogP contribution in [0.4, 0.5) is 0 Å². The zero-order valence-electron chi connectivity index (χ0n) is 35.1. The molecule has 0 aromatic heterocycles. The maximum Gasteiger partial charge on any atom is 0.246 e. The summed E-state index contributed by atoms with van der Waals surface area (Å²) in [5.74, 6) is 5.12. The summed E-state index contributed by atoms with van der Waals surface area (Å²) in [6.07, 6.45) is 14.0. The van der Waals surface area contributed by atoms with Gasteiger partial charge < -0.3 is 41.1 Å². The molecule has 2 heterocycles. The fraction of sp³-hybridized carbons (Fsp3) is 0.545. The highest BCUT2D eigenvalue weighted by Gasteiger charge is 2.38. The first-order valence-corrected chi connectivity index (χ1v) is 19.9. The topological polar surface area (TPSA) is 169 Å². The molecule has 0 radical (unpaired) electrons. The van der Waals surface area contributed by atoms with Crippen LogP contribution in [-0.4, -0.2) is 116 Å². The second kappa shape index (κ2) is 28.5. The lowest BCUT2D eigenvalue weighted by atomic mass is 10.0. The van der Waals surface area contributed by atoms with Crippen molar-refractivity contribution in [2.75, 3.05) is 34.2 Å². The maximum atomic E-state index is 13.5. The van der Waals surface area contributed by atoms with Crippen molar-refractivity contribution >= 4 is 36.2 Å². The van der Waals surface area contributed by atoms with E-state index in [0.717, 1.165) is 50.4 Å². The molecular weight excluding hydrogens is 723 g/mol. The van der Waals surface area contributed by atoms with Gasteiger partial charge in [-0.1, -0.05) is 48.6 Å². The highest BCUT2D eigenvalue weighted by atomic mass is 16.2. The number of nitrogens with one attached hydrogen (secondary N) is 5. The number of hydrogen-bond donors (Lipinski definition) is 5. The second-order valence-electron chi connectivity index (χ2n) is 14.0. The van der Waals surface area contributed by atoms with Crippen LogP contribution in [0.5, 0.6) is 0 Å². The zero-order chi connectivity index (χ0) is 42.8. The van der Waals surface area contributed by atoms with Crippen LogP contribution in [0.3, 0.4) is 0 Å². The molecule has 2 fully saturated rings. The van der Waals surface area contributed by atoms with E-state index in [0.29, 0.717) is 25.8 Å². The molecule has 7 unspecified atom stereocenters. The summed E-state index contributed by atoms with van der Waals surface area (Å²) in [4.78, 5) is 74.7. The SMILES string of the molecule is C=C.CC(NC(=O)C1CCCN1C)C1=CCCC=C1.CC=O.CNC(C=O)CC#CCC(NC(=O)C(C)NC)C(=O)N1CCCC1C(=O)NC(C)c1ccccc1. The van der Waals surface area contributed by atoms with Gasteiger partial charge in [0.15, 0.2) is 0 Å². The van der Waals surface area contributed by atoms with Crippen molar-refractivity contribution in [1.29, 1.82) is 0 Å². The van der Waals surface area contributed by atoms with Crippen LogP contribution in [0.2, 0.25) is 0 Å². The molecule has 2 saturated heterocycles. The Hall–Kier alpha value is -4.90. The van der Waals surface area contributed by atoms with Crippen molar-refractivity contribution in [2.45, 2.75) is 121 Å². The van der Waals surface area contributed by atoms with Gasteiger partial charge in [-0.25, -0.2) is 0 Å². The molecule has 5 N–H and O–H groups in total. The Labute approximate surface area is 340 Å². The van der Waals surface area contributed by atoms with E-state index in [1.165, 1.54) is 12.5 Å². The number of aldehydes is 2. The number of likely N-dealkylation sites (N-methyl/N-ethyl adjacent to an activating group) is 3. The molecule has 1 aromatic carbocycles. The monoisotopic (exact) mass is 790 g/mol. The minimum Gasteiger partial charge on any atom is -0.348 e. The van der Waals surface area contributed by atoms with Gasteiger partial charge >= 0.3 is 0 Å². The number of nitrogens with zero attached hydrogens (tertiary/aromatic N) is 2. The first-order chi connectivity index (χ1) is 27.4. The summed E-state index contributed by atoms with van der Waals surface area (Å²) in [6, 6.07) is 7.25. The summed E-state index contributed by atoms with van der Waals surface area (Å²) < 4.78 is 0. The summed E-state index contributed by atoms with van der Waals surface area (Å²) in [7, 11) is 5.36. The fourth-order valence-electron chi connectivity index (χ4n) is 6.43. The summed E-state index contributed by atoms with van der Waals surface area (Å²) in [5.41, 5.74) is 2.22. The molecule has 57 heavy (non-hydrogen) atoms. The number of likely N-dealkylation sites (tertiary alicyclic amines) is 2. The summed E-state index contributed by atoms with van der Waals surface area (Å²) in [5, 5.41) is 14.6. The quantitative estimate of drug-likeness (QED) is 0.108. The Morgan fingerprint density at radius 1 is 0.842 bits per heavy atom. The van der Waals surface area contributed by atoms with Crippen LogP contribution in [0.25, 0.3) is 0 Å². The smallest absolute Gasteiger partial charge is 0.246 e. The van der Waals surface area contributed by atoms with E-state index in [9.17, 15) is 24.0 Å². The number of benzene rings is 1. The van der Waals surface area contributed by atoms with Crippen molar-refractivity contribution < 1.29 is 28.8 Å². The normalized spacial score (nSPS) is 19.6. The molecule has 7 atom stereocenters. The van der Waals surface area contributed by atoms with Crippen LogP contribution in [0, 0.1) is 11.8 Å². The summed E-state index contributed by atoms with van der Waals surface area (Å²) >= 11 is 0. The van der Waals surface area contributed by atoms with E-state index in [2.05, 4.69) is 81.6 Å². The van der Waals surface area contributed by atoms with Gasteiger partial charge in [-0.15, -0.1) is 25.0 Å². The van der Waals surface area contributed by atoms with E-state index < -0.39 is 24.2 Å². The molecule has 0 bridgehead atoms. The number of carbonyl (C=O) groups is 6. The van der Waals surface area contributed by atoms with Gasteiger partial charge in [0.1, 0.15) is 24.7 Å². The minimum atomic E-state index is -0.894. The van der Waals surface area contributed by atoms with E-state index in [1.54, 1.807) is 25.9 Å². The van der Waals surface area contributed by atoms with Crippen molar-refractivity contribution in [3.63, 3.8) is 0 Å². The summed E-state index contributed by atoms with van der Waals surface area (Å²) in [6.45, 7) is 14.6. The largest absolute Gasteiger partial charge is 0.348 e. The van der Waals surface area contributed by atoms with Gasteiger partial charge in [-0.2, -0.15) is 0 Å². The predicted molar refractivity (Wildman–Crippen MR) is 227 cm³/mol. The van der Waals surface area contributed by atoms with Gasteiger partial charge in [-0.05, 0) is 105 Å². The molecule has 13 nitrogen and oxygen atoms in total. The van der Waals surface area contributed by atoms with E-state index in [-0.39, 0.29) is 48.2 Å². The Kier molecular flexibility index (Phi) is 25.0. The molecule has 0 saturated carbocycles. The van der Waals surface area contributed by atoms with Gasteiger partial charge in [0, 0.05) is 19.4 Å². The number of amides is 4. The highest BCUT2D eigenvalue weighted by molar-refractivity contribution is 5.93. The zero-order valence-corrected chi connectivity index (χ0v) is 35.1. The Balaban J connectivity index is 0.000000610. The fourth-order valence-corrected chi connectivity index (χ4v) is 6.43. The lowest BCUT2D eigenvalue weighted by Crippen LogP contribution is -2.55. The van der Waals surface area contributed by atoms with Crippen LogP contribution < -0.4 is 26.6 Å². The van der Waals surface area contributed by atoms with Crippen LogP contribution in [0.1, 0.15) is 90.7 Å². The molecule has 2 aliphatic heterocycles. The van der Waals surface area contributed by atoms with Gasteiger partial charge in [0.25, 0.3) is 0 Å². The van der Waals surface area contributed by atoms with Gasteiger partial charge in [0.05, 0.1) is 30.2 Å². The molecule has 3 aliphatic rings. The van der Waals surface area contributed by atoms with E-state index in [4.69, 9.17) is 4.79 Å². The van der Waals surface area contributed by atoms with Gasteiger partial charge in [-0.3, -0.25) is 24.1 Å². The molecule has 1 aromatic rings. The first kappa shape index (κ1) is 50.1. The molecule has 4 amide bonds. The molecule has 1 aliphatic carbocycles.